The average molecular weight is 198 g/mol. The Morgan fingerprint density at radius 3 is 2.50 bits per heavy atom. The Morgan fingerprint density at radius 2 is 1.79 bits per heavy atom. The highest BCUT2D eigenvalue weighted by molar-refractivity contribution is 4.81. The Hall–Kier alpha value is -0.340. The van der Waals surface area contributed by atoms with Crippen LogP contribution in [0.5, 0.6) is 0 Å². The summed E-state index contributed by atoms with van der Waals surface area (Å²) in [4.78, 5) is 0. The predicted molar refractivity (Wildman–Crippen MR) is 58.2 cm³/mol. The van der Waals surface area contributed by atoms with Crippen molar-refractivity contribution in [3.63, 3.8) is 0 Å². The summed E-state index contributed by atoms with van der Waals surface area (Å²) in [5, 5.41) is 0. The molecule has 0 N–H and O–H groups in total. The van der Waals surface area contributed by atoms with E-state index >= 15 is 0 Å². The van der Waals surface area contributed by atoms with Crippen LogP contribution in [0.4, 0.5) is 0 Å². The summed E-state index contributed by atoms with van der Waals surface area (Å²) in [5.74, 6) is 0. The minimum Gasteiger partial charge on any atom is -0.350 e. The third-order valence-electron chi connectivity index (χ3n) is 2.40. The van der Waals surface area contributed by atoms with Crippen LogP contribution in [0.25, 0.3) is 0 Å². The maximum absolute atomic E-state index is 5.34. The second-order valence-corrected chi connectivity index (χ2v) is 3.72. The van der Waals surface area contributed by atoms with Gasteiger partial charge in [-0.15, -0.1) is 0 Å². The van der Waals surface area contributed by atoms with E-state index in [0.29, 0.717) is 0 Å². The smallest absolute Gasteiger partial charge is 0.158 e. The fourth-order valence-corrected chi connectivity index (χ4v) is 1.55. The zero-order valence-electron chi connectivity index (χ0n) is 9.21. The Morgan fingerprint density at radius 1 is 1.07 bits per heavy atom. The summed E-state index contributed by atoms with van der Waals surface area (Å²) in [6.45, 7) is 3.77. The van der Waals surface area contributed by atoms with Crippen molar-refractivity contribution in [2.75, 3.05) is 13.2 Å². The Bertz CT molecular complexity index is 148. The normalized spacial score (nSPS) is 18.4. The summed E-state index contributed by atoms with van der Waals surface area (Å²) in [7, 11) is 0. The molecule has 0 aromatic heterocycles. The largest absolute Gasteiger partial charge is 0.350 e. The molecule has 1 fully saturated rings. The molecule has 1 aliphatic heterocycles. The number of allylic oxidation sites excluding steroid dienone is 2. The van der Waals surface area contributed by atoms with Gasteiger partial charge in [-0.2, -0.15) is 0 Å². The van der Waals surface area contributed by atoms with Crippen LogP contribution in [0.2, 0.25) is 0 Å². The van der Waals surface area contributed by atoms with Crippen molar-refractivity contribution in [1.82, 2.24) is 0 Å². The first-order chi connectivity index (χ1) is 6.93. The van der Waals surface area contributed by atoms with Gasteiger partial charge in [0.05, 0.1) is 13.2 Å². The number of hydrogen-bond donors (Lipinski definition) is 0. The van der Waals surface area contributed by atoms with Gasteiger partial charge in [0.2, 0.25) is 0 Å². The van der Waals surface area contributed by atoms with Gasteiger partial charge in [0.15, 0.2) is 6.29 Å². The first kappa shape index (κ1) is 11.7. The third-order valence-corrected chi connectivity index (χ3v) is 2.40. The van der Waals surface area contributed by atoms with Crippen molar-refractivity contribution in [2.24, 2.45) is 0 Å². The Balaban J connectivity index is 1.87. The molecule has 2 nitrogen and oxygen atoms in total. The van der Waals surface area contributed by atoms with E-state index in [4.69, 9.17) is 9.47 Å². The van der Waals surface area contributed by atoms with Crippen LogP contribution in [-0.2, 0) is 9.47 Å². The molecule has 0 aliphatic carbocycles. The van der Waals surface area contributed by atoms with E-state index in [1.165, 1.54) is 25.7 Å². The standard InChI is InChI=1S/C12H22O2/c1-2-3-4-5-6-7-8-9-12-13-10-11-14-12/h6-7,12H,2-5,8-11H2,1H3/b7-6-. The number of ether oxygens (including phenoxy) is 2. The van der Waals surface area contributed by atoms with Crippen LogP contribution >= 0.6 is 0 Å². The molecule has 0 saturated carbocycles. The van der Waals surface area contributed by atoms with E-state index in [0.717, 1.165) is 26.1 Å². The summed E-state index contributed by atoms with van der Waals surface area (Å²) in [6, 6.07) is 0. The van der Waals surface area contributed by atoms with Crippen LogP contribution < -0.4 is 0 Å². The van der Waals surface area contributed by atoms with Crippen molar-refractivity contribution in [1.29, 1.82) is 0 Å². The van der Waals surface area contributed by atoms with E-state index in [1.807, 2.05) is 0 Å². The lowest BCUT2D eigenvalue weighted by Crippen LogP contribution is -2.05. The summed E-state index contributed by atoms with van der Waals surface area (Å²) >= 11 is 0. The van der Waals surface area contributed by atoms with E-state index in [-0.39, 0.29) is 6.29 Å². The number of hydrogen-bond acceptors (Lipinski definition) is 2. The van der Waals surface area contributed by atoms with Gasteiger partial charge >= 0.3 is 0 Å². The van der Waals surface area contributed by atoms with Crippen molar-refractivity contribution in [3.8, 4) is 0 Å². The lowest BCUT2D eigenvalue weighted by Gasteiger charge is -2.05. The number of unbranched alkanes of at least 4 members (excludes halogenated alkanes) is 3. The molecule has 0 radical (unpaired) electrons. The van der Waals surface area contributed by atoms with Gasteiger partial charge in [-0.3, -0.25) is 0 Å². The van der Waals surface area contributed by atoms with Crippen molar-refractivity contribution in [2.45, 2.75) is 51.7 Å². The predicted octanol–water partition coefficient (Wildman–Crippen LogP) is 3.28. The quantitative estimate of drug-likeness (QED) is 0.461. The highest BCUT2D eigenvalue weighted by Gasteiger charge is 2.13. The van der Waals surface area contributed by atoms with Gasteiger partial charge < -0.3 is 9.47 Å². The molecule has 0 atom stereocenters. The monoisotopic (exact) mass is 198 g/mol. The van der Waals surface area contributed by atoms with Crippen molar-refractivity contribution in [3.05, 3.63) is 12.2 Å². The topological polar surface area (TPSA) is 18.5 Å². The Kier molecular flexibility index (Phi) is 6.71. The molecule has 0 aromatic rings. The zero-order chi connectivity index (χ0) is 10.1. The van der Waals surface area contributed by atoms with Gasteiger partial charge in [-0.05, 0) is 19.3 Å². The van der Waals surface area contributed by atoms with Crippen LogP contribution in [-0.4, -0.2) is 19.5 Å². The van der Waals surface area contributed by atoms with Crippen molar-refractivity contribution < 1.29 is 9.47 Å². The second kappa shape index (κ2) is 8.01. The summed E-state index contributed by atoms with van der Waals surface area (Å²) in [6.07, 6.45) is 11.9. The Labute approximate surface area is 87.3 Å². The third kappa shape index (κ3) is 5.40. The highest BCUT2D eigenvalue weighted by Crippen LogP contribution is 2.10. The fourth-order valence-electron chi connectivity index (χ4n) is 1.55. The molecule has 0 bridgehead atoms. The summed E-state index contributed by atoms with van der Waals surface area (Å²) in [5.41, 5.74) is 0. The molecule has 1 aliphatic rings. The minimum atomic E-state index is 0.0651. The lowest BCUT2D eigenvalue weighted by atomic mass is 10.2. The molecule has 1 rings (SSSR count). The van der Waals surface area contributed by atoms with Crippen molar-refractivity contribution >= 4 is 0 Å². The van der Waals surface area contributed by atoms with Gasteiger partial charge in [0, 0.05) is 6.42 Å². The van der Waals surface area contributed by atoms with Crippen LogP contribution in [0, 0.1) is 0 Å². The fraction of sp³-hybridized carbons (Fsp3) is 0.833. The minimum absolute atomic E-state index is 0.0651. The van der Waals surface area contributed by atoms with Crippen LogP contribution in [0.15, 0.2) is 12.2 Å². The first-order valence-corrected chi connectivity index (χ1v) is 5.81. The molecular weight excluding hydrogens is 176 g/mol. The molecular formula is C12H22O2. The highest BCUT2D eigenvalue weighted by atomic mass is 16.7. The van der Waals surface area contributed by atoms with E-state index in [1.54, 1.807) is 0 Å². The molecule has 82 valence electrons. The molecule has 2 heteroatoms. The zero-order valence-corrected chi connectivity index (χ0v) is 9.21. The lowest BCUT2D eigenvalue weighted by molar-refractivity contribution is -0.0457. The number of rotatable bonds is 7. The molecule has 0 unspecified atom stereocenters. The average Bonchev–Trinajstić information content (AvgIpc) is 2.69. The first-order valence-electron chi connectivity index (χ1n) is 5.81. The molecule has 0 amide bonds. The van der Waals surface area contributed by atoms with E-state index in [2.05, 4.69) is 19.1 Å². The van der Waals surface area contributed by atoms with Crippen LogP contribution in [0.1, 0.15) is 45.4 Å². The molecule has 1 saturated heterocycles. The van der Waals surface area contributed by atoms with E-state index in [9.17, 15) is 0 Å². The van der Waals surface area contributed by atoms with E-state index < -0.39 is 0 Å². The van der Waals surface area contributed by atoms with Crippen LogP contribution in [0.3, 0.4) is 0 Å². The SMILES string of the molecule is CCCCC/C=C\CCC1OCCO1. The molecule has 14 heavy (non-hydrogen) atoms. The van der Waals surface area contributed by atoms with Gasteiger partial charge in [-0.1, -0.05) is 31.9 Å². The van der Waals surface area contributed by atoms with Gasteiger partial charge in [-0.25, -0.2) is 0 Å². The molecule has 1 heterocycles. The molecule has 0 spiro atoms. The van der Waals surface area contributed by atoms with Gasteiger partial charge in [0.25, 0.3) is 0 Å². The van der Waals surface area contributed by atoms with Gasteiger partial charge in [0.1, 0.15) is 0 Å². The maximum atomic E-state index is 5.34. The molecule has 0 aromatic carbocycles. The summed E-state index contributed by atoms with van der Waals surface area (Å²) < 4.78 is 10.7. The maximum Gasteiger partial charge on any atom is 0.158 e. The second-order valence-electron chi connectivity index (χ2n) is 3.72.